The molecule has 5 heterocycles. The predicted molar refractivity (Wildman–Crippen MR) is 107 cm³/mol. The second-order valence-electron chi connectivity index (χ2n) is 7.50. The molecule has 0 amide bonds. The number of nitrogens with one attached hydrogen (secondary N) is 1. The average Bonchev–Trinajstić information content (AvgIpc) is 3.48. The minimum absolute atomic E-state index is 0.281. The van der Waals surface area contributed by atoms with Crippen molar-refractivity contribution in [2.24, 2.45) is 0 Å². The fourth-order valence-corrected chi connectivity index (χ4v) is 4.37. The van der Waals surface area contributed by atoms with Gasteiger partial charge in [-0.3, -0.25) is 4.57 Å². The Bertz CT molecular complexity index is 1190. The van der Waals surface area contributed by atoms with Crippen molar-refractivity contribution in [3.63, 3.8) is 0 Å². The summed E-state index contributed by atoms with van der Waals surface area (Å²) >= 11 is 0. The number of pyridine rings is 1. The number of aromatic nitrogens is 5. The number of nitrogens with zero attached hydrogens (tertiary/aromatic N) is 6. The Balaban J connectivity index is 1.55. The summed E-state index contributed by atoms with van der Waals surface area (Å²) in [6.07, 6.45) is 4.35. The maximum absolute atomic E-state index is 13.5. The summed E-state index contributed by atoms with van der Waals surface area (Å²) < 4.78 is 15.4. The van der Waals surface area contributed by atoms with Gasteiger partial charge in [-0.05, 0) is 48.9 Å². The Morgan fingerprint density at radius 3 is 2.62 bits per heavy atom. The monoisotopic (exact) mass is 387 g/mol. The maximum atomic E-state index is 13.5. The average molecular weight is 387 g/mol. The fraction of sp³-hybridized carbons (Fsp3) is 0.238. The van der Waals surface area contributed by atoms with Crippen molar-refractivity contribution in [1.29, 1.82) is 0 Å². The van der Waals surface area contributed by atoms with E-state index in [4.69, 9.17) is 9.97 Å². The zero-order valence-electron chi connectivity index (χ0n) is 15.5. The largest absolute Gasteiger partial charge is 0.351 e. The quantitative estimate of drug-likeness (QED) is 0.583. The van der Waals surface area contributed by atoms with E-state index in [9.17, 15) is 4.39 Å². The number of benzene rings is 1. The van der Waals surface area contributed by atoms with Crippen LogP contribution in [0.2, 0.25) is 0 Å². The van der Waals surface area contributed by atoms with E-state index in [1.165, 1.54) is 18.5 Å². The van der Waals surface area contributed by atoms with E-state index >= 15 is 0 Å². The van der Waals surface area contributed by atoms with Crippen LogP contribution in [0.15, 0.2) is 55.0 Å². The number of piperazine rings is 1. The highest BCUT2D eigenvalue weighted by atomic mass is 19.1. The first kappa shape index (κ1) is 16.6. The molecule has 29 heavy (non-hydrogen) atoms. The van der Waals surface area contributed by atoms with Gasteiger partial charge in [-0.1, -0.05) is 0 Å². The molecule has 2 atom stereocenters. The van der Waals surface area contributed by atoms with Gasteiger partial charge in [0.15, 0.2) is 5.65 Å². The van der Waals surface area contributed by atoms with E-state index < -0.39 is 0 Å². The van der Waals surface area contributed by atoms with Crippen LogP contribution in [0.1, 0.15) is 6.42 Å². The third-order valence-electron chi connectivity index (χ3n) is 5.74. The van der Waals surface area contributed by atoms with Crippen LogP contribution in [0.5, 0.6) is 0 Å². The first-order valence-electron chi connectivity index (χ1n) is 9.68. The molecule has 2 saturated heterocycles. The van der Waals surface area contributed by atoms with Crippen LogP contribution >= 0.6 is 0 Å². The van der Waals surface area contributed by atoms with Crippen molar-refractivity contribution in [2.75, 3.05) is 18.0 Å². The highest BCUT2D eigenvalue weighted by Crippen LogP contribution is 2.32. The van der Waals surface area contributed by atoms with Gasteiger partial charge < -0.3 is 10.2 Å². The van der Waals surface area contributed by atoms with Gasteiger partial charge in [-0.15, -0.1) is 0 Å². The van der Waals surface area contributed by atoms with Crippen LogP contribution < -0.4 is 10.2 Å². The molecule has 2 aliphatic heterocycles. The van der Waals surface area contributed by atoms with Crippen LogP contribution in [-0.4, -0.2) is 49.7 Å². The normalized spacial score (nSPS) is 20.7. The van der Waals surface area contributed by atoms with Gasteiger partial charge in [0, 0.05) is 36.9 Å². The van der Waals surface area contributed by atoms with E-state index in [1.54, 1.807) is 18.3 Å². The SMILES string of the molecule is Fc1ccc(-c2nc3ccc(N4CC5CC4CN5)nc3n2-c2ccncn2)cc1. The molecular weight excluding hydrogens is 369 g/mol. The molecule has 0 aliphatic carbocycles. The van der Waals surface area contributed by atoms with Gasteiger partial charge in [0.1, 0.15) is 35.1 Å². The number of fused-ring (bicyclic) bond motifs is 3. The molecule has 8 heteroatoms. The van der Waals surface area contributed by atoms with Crippen LogP contribution in [0, 0.1) is 5.82 Å². The number of halogens is 1. The molecule has 4 aromatic rings. The molecule has 2 aliphatic rings. The molecule has 0 radical (unpaired) electrons. The highest BCUT2D eigenvalue weighted by molar-refractivity contribution is 5.81. The second-order valence-corrected chi connectivity index (χ2v) is 7.50. The summed E-state index contributed by atoms with van der Waals surface area (Å²) in [5.41, 5.74) is 2.31. The third-order valence-corrected chi connectivity index (χ3v) is 5.74. The van der Waals surface area contributed by atoms with Crippen molar-refractivity contribution < 1.29 is 4.39 Å². The maximum Gasteiger partial charge on any atom is 0.168 e. The van der Waals surface area contributed by atoms with Gasteiger partial charge in [0.25, 0.3) is 0 Å². The topological polar surface area (TPSA) is 71.8 Å². The van der Waals surface area contributed by atoms with E-state index in [-0.39, 0.29) is 5.82 Å². The second kappa shape index (κ2) is 6.31. The summed E-state index contributed by atoms with van der Waals surface area (Å²) in [5.74, 6) is 2.02. The van der Waals surface area contributed by atoms with Crippen molar-refractivity contribution in [3.05, 3.63) is 60.8 Å². The molecule has 2 bridgehead atoms. The smallest absolute Gasteiger partial charge is 0.168 e. The van der Waals surface area contributed by atoms with Crippen LogP contribution in [0.25, 0.3) is 28.4 Å². The minimum Gasteiger partial charge on any atom is -0.351 e. The molecule has 2 fully saturated rings. The summed E-state index contributed by atoms with van der Waals surface area (Å²) in [6, 6.07) is 13.2. The van der Waals surface area contributed by atoms with E-state index in [1.807, 2.05) is 22.8 Å². The fourth-order valence-electron chi connectivity index (χ4n) is 4.37. The van der Waals surface area contributed by atoms with Gasteiger partial charge in [0.2, 0.25) is 0 Å². The number of hydrogen-bond acceptors (Lipinski definition) is 6. The summed E-state index contributed by atoms with van der Waals surface area (Å²) in [7, 11) is 0. The Labute approximate surface area is 166 Å². The molecule has 7 nitrogen and oxygen atoms in total. The van der Waals surface area contributed by atoms with Crippen molar-refractivity contribution >= 4 is 17.0 Å². The van der Waals surface area contributed by atoms with Crippen LogP contribution in [0.3, 0.4) is 0 Å². The highest BCUT2D eigenvalue weighted by Gasteiger charge is 2.38. The summed E-state index contributed by atoms with van der Waals surface area (Å²) in [4.78, 5) is 20.6. The molecule has 1 aromatic carbocycles. The lowest BCUT2D eigenvalue weighted by molar-refractivity contribution is 0.577. The van der Waals surface area contributed by atoms with Crippen molar-refractivity contribution in [3.8, 4) is 17.2 Å². The Morgan fingerprint density at radius 2 is 1.90 bits per heavy atom. The summed E-state index contributed by atoms with van der Waals surface area (Å²) in [5, 5.41) is 3.53. The van der Waals surface area contributed by atoms with Crippen LogP contribution in [0.4, 0.5) is 10.2 Å². The van der Waals surface area contributed by atoms with Crippen molar-refractivity contribution in [1.82, 2.24) is 29.8 Å². The molecule has 0 saturated carbocycles. The zero-order chi connectivity index (χ0) is 19.4. The first-order valence-corrected chi connectivity index (χ1v) is 9.68. The molecule has 1 N–H and O–H groups in total. The number of imidazole rings is 1. The van der Waals surface area contributed by atoms with Crippen LogP contribution in [-0.2, 0) is 0 Å². The minimum atomic E-state index is -0.281. The zero-order valence-corrected chi connectivity index (χ0v) is 15.5. The third kappa shape index (κ3) is 2.67. The molecule has 144 valence electrons. The van der Waals surface area contributed by atoms with Crippen molar-refractivity contribution in [2.45, 2.75) is 18.5 Å². The predicted octanol–water partition coefficient (Wildman–Crippen LogP) is 2.57. The number of anilines is 1. The number of rotatable bonds is 3. The van der Waals surface area contributed by atoms with Gasteiger partial charge in [0.05, 0.1) is 0 Å². The van der Waals surface area contributed by atoms with Gasteiger partial charge in [-0.25, -0.2) is 24.3 Å². The van der Waals surface area contributed by atoms with E-state index in [2.05, 4.69) is 20.2 Å². The first-order chi connectivity index (χ1) is 14.3. The lowest BCUT2D eigenvalue weighted by Crippen LogP contribution is -2.44. The van der Waals surface area contributed by atoms with Gasteiger partial charge in [-0.2, -0.15) is 0 Å². The Kier molecular flexibility index (Phi) is 3.60. The van der Waals surface area contributed by atoms with E-state index in [0.717, 1.165) is 42.1 Å². The number of hydrogen-bond donors (Lipinski definition) is 1. The Morgan fingerprint density at radius 1 is 1.00 bits per heavy atom. The molecule has 6 rings (SSSR count). The molecule has 2 unspecified atom stereocenters. The molecule has 3 aromatic heterocycles. The van der Waals surface area contributed by atoms with E-state index in [0.29, 0.717) is 23.7 Å². The summed E-state index contributed by atoms with van der Waals surface area (Å²) in [6.45, 7) is 1.96. The lowest BCUT2D eigenvalue weighted by atomic mass is 10.2. The molecule has 0 spiro atoms. The van der Waals surface area contributed by atoms with Gasteiger partial charge >= 0.3 is 0 Å². The standard InChI is InChI=1S/C21H18FN7/c22-14-3-1-13(2-4-14)20-26-17-5-6-19(28-11-15-9-16(28)10-24-15)27-21(17)29(20)18-7-8-23-12-25-18/h1-8,12,15-16,24H,9-11H2. The lowest BCUT2D eigenvalue weighted by Gasteiger charge is -2.28. The Hall–Kier alpha value is -3.39. The molecular formula is C21H18FN7.